The SMILES string of the molecule is CCCC(=O)/C(Sc1ccccn1)=C(/Sc1ccccn1)C(=O)N(C)C. The molecule has 0 N–H and O–H groups in total. The average molecular weight is 388 g/mol. The van der Waals surface area contributed by atoms with Crippen LogP contribution in [0, 0.1) is 0 Å². The normalized spacial score (nSPS) is 11.7. The van der Waals surface area contributed by atoms with Crippen LogP contribution in [0.15, 0.2) is 68.7 Å². The number of carbonyl (C=O) groups excluding carboxylic acids is 2. The van der Waals surface area contributed by atoms with E-state index in [0.29, 0.717) is 32.7 Å². The van der Waals surface area contributed by atoms with Crippen LogP contribution in [0.1, 0.15) is 19.8 Å². The zero-order chi connectivity index (χ0) is 18.9. The van der Waals surface area contributed by atoms with Crippen molar-refractivity contribution in [3.63, 3.8) is 0 Å². The van der Waals surface area contributed by atoms with Gasteiger partial charge in [0.25, 0.3) is 5.91 Å². The van der Waals surface area contributed by atoms with E-state index < -0.39 is 0 Å². The third-order valence-electron chi connectivity index (χ3n) is 3.23. The Morgan fingerprint density at radius 2 is 1.46 bits per heavy atom. The number of hydrogen-bond donors (Lipinski definition) is 0. The Morgan fingerprint density at radius 3 is 1.88 bits per heavy atom. The van der Waals surface area contributed by atoms with Crippen LogP contribution < -0.4 is 0 Å². The minimum Gasteiger partial charge on any atom is -0.344 e. The van der Waals surface area contributed by atoms with Gasteiger partial charge in [0.1, 0.15) is 10.1 Å². The summed E-state index contributed by atoms with van der Waals surface area (Å²) in [6.45, 7) is 1.94. The number of thioether (sulfide) groups is 2. The summed E-state index contributed by atoms with van der Waals surface area (Å²) < 4.78 is 0. The van der Waals surface area contributed by atoms with Crippen LogP contribution in [0.2, 0.25) is 0 Å². The number of allylic oxidation sites excluding steroid dienone is 1. The van der Waals surface area contributed by atoms with Gasteiger partial charge >= 0.3 is 0 Å². The van der Waals surface area contributed by atoms with Crippen molar-refractivity contribution in [2.75, 3.05) is 14.1 Å². The lowest BCUT2D eigenvalue weighted by molar-refractivity contribution is -0.124. The molecular formula is C19H21N3O2S2. The van der Waals surface area contributed by atoms with E-state index in [-0.39, 0.29) is 11.7 Å². The fourth-order valence-corrected chi connectivity index (χ4v) is 4.05. The molecule has 0 fully saturated rings. The summed E-state index contributed by atoms with van der Waals surface area (Å²) in [5.41, 5.74) is 0. The smallest absolute Gasteiger partial charge is 0.261 e. The maximum atomic E-state index is 12.8. The molecule has 2 heterocycles. The van der Waals surface area contributed by atoms with Crippen molar-refractivity contribution >= 4 is 35.2 Å². The molecule has 0 aliphatic rings. The van der Waals surface area contributed by atoms with Gasteiger partial charge in [-0.2, -0.15) is 0 Å². The van der Waals surface area contributed by atoms with Gasteiger partial charge in [-0.25, -0.2) is 9.97 Å². The quantitative estimate of drug-likeness (QED) is 0.503. The van der Waals surface area contributed by atoms with Gasteiger partial charge in [-0.05, 0) is 30.7 Å². The van der Waals surface area contributed by atoms with Crippen molar-refractivity contribution in [1.29, 1.82) is 0 Å². The number of rotatable bonds is 8. The van der Waals surface area contributed by atoms with E-state index in [4.69, 9.17) is 0 Å². The molecule has 0 spiro atoms. The molecule has 2 rings (SSSR count). The zero-order valence-corrected chi connectivity index (χ0v) is 16.6. The first kappa shape index (κ1) is 20.2. The molecule has 5 nitrogen and oxygen atoms in total. The molecule has 7 heteroatoms. The third kappa shape index (κ3) is 5.71. The summed E-state index contributed by atoms with van der Waals surface area (Å²) in [5, 5.41) is 1.35. The lowest BCUT2D eigenvalue weighted by atomic mass is 10.2. The van der Waals surface area contributed by atoms with E-state index in [1.807, 2.05) is 43.3 Å². The highest BCUT2D eigenvalue weighted by atomic mass is 32.2. The summed E-state index contributed by atoms with van der Waals surface area (Å²) in [4.78, 5) is 36.4. The molecule has 0 unspecified atom stereocenters. The predicted molar refractivity (Wildman–Crippen MR) is 106 cm³/mol. The molecule has 0 saturated heterocycles. The van der Waals surface area contributed by atoms with Crippen molar-refractivity contribution in [2.24, 2.45) is 0 Å². The van der Waals surface area contributed by atoms with Crippen molar-refractivity contribution in [3.8, 4) is 0 Å². The van der Waals surface area contributed by atoms with E-state index >= 15 is 0 Å². The Balaban J connectivity index is 2.51. The minimum atomic E-state index is -0.219. The highest BCUT2D eigenvalue weighted by Gasteiger charge is 2.25. The lowest BCUT2D eigenvalue weighted by Crippen LogP contribution is -2.24. The van der Waals surface area contributed by atoms with E-state index in [2.05, 4.69) is 9.97 Å². The summed E-state index contributed by atoms with van der Waals surface area (Å²) in [6.07, 6.45) is 4.42. The fourth-order valence-electron chi connectivity index (χ4n) is 1.98. The molecule has 136 valence electrons. The number of Topliss-reactive ketones (excluding diaryl/α,β-unsaturated/α-hetero) is 1. The van der Waals surface area contributed by atoms with Gasteiger partial charge in [0.05, 0.1) is 9.81 Å². The van der Waals surface area contributed by atoms with Crippen LogP contribution in [0.3, 0.4) is 0 Å². The molecule has 0 aliphatic heterocycles. The lowest BCUT2D eigenvalue weighted by Gasteiger charge is -2.17. The first-order chi connectivity index (χ1) is 12.5. The monoisotopic (exact) mass is 387 g/mol. The Labute approximate surface area is 162 Å². The van der Waals surface area contributed by atoms with Crippen molar-refractivity contribution in [3.05, 3.63) is 58.6 Å². The van der Waals surface area contributed by atoms with E-state index in [9.17, 15) is 9.59 Å². The topological polar surface area (TPSA) is 63.2 Å². The molecule has 0 aromatic carbocycles. The van der Waals surface area contributed by atoms with E-state index in [1.165, 1.54) is 28.4 Å². The number of hydrogen-bond acceptors (Lipinski definition) is 6. The molecule has 1 amide bonds. The molecule has 2 aromatic heterocycles. The Hall–Kier alpha value is -2.12. The van der Waals surface area contributed by atoms with Gasteiger partial charge in [0, 0.05) is 32.9 Å². The van der Waals surface area contributed by atoms with Crippen molar-refractivity contribution in [1.82, 2.24) is 14.9 Å². The van der Waals surface area contributed by atoms with Gasteiger partial charge < -0.3 is 4.90 Å². The Kier molecular flexibility index (Phi) is 7.87. The van der Waals surface area contributed by atoms with Crippen LogP contribution in [0.25, 0.3) is 0 Å². The molecule has 2 aromatic rings. The van der Waals surface area contributed by atoms with Gasteiger partial charge in [-0.3, -0.25) is 9.59 Å². The number of carbonyl (C=O) groups is 2. The second-order valence-electron chi connectivity index (χ2n) is 5.57. The van der Waals surface area contributed by atoms with Crippen LogP contribution >= 0.6 is 23.5 Å². The Morgan fingerprint density at radius 1 is 0.923 bits per heavy atom. The summed E-state index contributed by atoms with van der Waals surface area (Å²) in [5.74, 6) is -0.277. The molecule has 0 bridgehead atoms. The van der Waals surface area contributed by atoms with Crippen molar-refractivity contribution < 1.29 is 9.59 Å². The predicted octanol–water partition coefficient (Wildman–Crippen LogP) is 4.03. The standard InChI is InChI=1S/C19H21N3O2S2/c1-4-9-14(23)17(25-15-10-5-7-12-20-15)18(19(24)22(2)3)26-16-11-6-8-13-21-16/h5-8,10-13H,4,9H2,1-3H3/b18-17-. The van der Waals surface area contributed by atoms with Crippen LogP contribution in [-0.2, 0) is 9.59 Å². The number of nitrogens with zero attached hydrogens (tertiary/aromatic N) is 3. The molecule has 0 aliphatic carbocycles. The minimum absolute atomic E-state index is 0.0585. The van der Waals surface area contributed by atoms with E-state index in [0.717, 1.165) is 0 Å². The second kappa shape index (κ2) is 10.1. The molecule has 0 atom stereocenters. The highest BCUT2D eigenvalue weighted by Crippen LogP contribution is 2.37. The van der Waals surface area contributed by atoms with Crippen LogP contribution in [0.5, 0.6) is 0 Å². The highest BCUT2D eigenvalue weighted by molar-refractivity contribution is 8.07. The first-order valence-corrected chi connectivity index (χ1v) is 9.83. The maximum Gasteiger partial charge on any atom is 0.261 e. The van der Waals surface area contributed by atoms with E-state index in [1.54, 1.807) is 26.5 Å². The molecular weight excluding hydrogens is 366 g/mol. The van der Waals surface area contributed by atoms with Gasteiger partial charge in [0.2, 0.25) is 0 Å². The van der Waals surface area contributed by atoms with Crippen molar-refractivity contribution in [2.45, 2.75) is 29.8 Å². The second-order valence-corrected chi connectivity index (χ2v) is 7.63. The van der Waals surface area contributed by atoms with Gasteiger partial charge in [-0.15, -0.1) is 0 Å². The third-order valence-corrected chi connectivity index (χ3v) is 5.48. The number of amides is 1. The summed E-state index contributed by atoms with van der Waals surface area (Å²) >= 11 is 2.45. The largest absolute Gasteiger partial charge is 0.344 e. The number of aromatic nitrogens is 2. The fraction of sp³-hybridized carbons (Fsp3) is 0.263. The number of likely N-dealkylation sites (N-methyl/N-ethyl adjacent to an activating group) is 1. The molecule has 0 saturated carbocycles. The van der Waals surface area contributed by atoms with Crippen LogP contribution in [-0.4, -0.2) is 40.7 Å². The molecule has 26 heavy (non-hydrogen) atoms. The number of ketones is 1. The van der Waals surface area contributed by atoms with Crippen LogP contribution in [0.4, 0.5) is 0 Å². The maximum absolute atomic E-state index is 12.8. The summed E-state index contributed by atoms with van der Waals surface area (Å²) in [7, 11) is 3.35. The summed E-state index contributed by atoms with van der Waals surface area (Å²) in [6, 6.07) is 11.0. The average Bonchev–Trinajstić information content (AvgIpc) is 2.65. The Bertz CT molecular complexity index is 778. The number of pyridine rings is 2. The molecule has 0 radical (unpaired) electrons. The van der Waals surface area contributed by atoms with Gasteiger partial charge in [0.15, 0.2) is 5.78 Å². The van der Waals surface area contributed by atoms with Gasteiger partial charge in [-0.1, -0.05) is 42.6 Å². The zero-order valence-electron chi connectivity index (χ0n) is 15.0. The first-order valence-electron chi connectivity index (χ1n) is 8.19.